The molecule has 4 heteroatoms. The zero-order valence-corrected chi connectivity index (χ0v) is 8.50. The largest absolute Gasteiger partial charge is 0.495 e. The lowest BCUT2D eigenvalue weighted by Gasteiger charge is -2.11. The van der Waals surface area contributed by atoms with Crippen molar-refractivity contribution in [3.8, 4) is 5.75 Å². The molecule has 0 saturated heterocycles. The molecule has 4 nitrogen and oxygen atoms in total. The molecule has 1 rings (SSSR count). The van der Waals surface area contributed by atoms with Gasteiger partial charge in [-0.3, -0.25) is 0 Å². The van der Waals surface area contributed by atoms with Crippen molar-refractivity contribution in [2.45, 2.75) is 0 Å². The average molecular weight is 196 g/mol. The van der Waals surface area contributed by atoms with Crippen molar-refractivity contribution in [2.24, 2.45) is 0 Å². The van der Waals surface area contributed by atoms with Crippen molar-refractivity contribution in [3.63, 3.8) is 0 Å². The van der Waals surface area contributed by atoms with E-state index in [0.717, 1.165) is 17.1 Å². The Morgan fingerprint density at radius 1 is 1.43 bits per heavy atom. The van der Waals surface area contributed by atoms with Crippen molar-refractivity contribution in [1.29, 1.82) is 0 Å². The minimum atomic E-state index is 0.126. The summed E-state index contributed by atoms with van der Waals surface area (Å²) in [6.45, 7) is 0.677. The monoisotopic (exact) mass is 196 g/mol. The second-order valence-electron chi connectivity index (χ2n) is 2.82. The van der Waals surface area contributed by atoms with E-state index < -0.39 is 0 Å². The van der Waals surface area contributed by atoms with Gasteiger partial charge in [0.1, 0.15) is 5.75 Å². The standard InChI is InChI=1S/C10H16N2O2/c1-11-9-7-8(12-5-6-13)3-4-10(9)14-2/h3-4,7,11-13H,5-6H2,1-2H3. The van der Waals surface area contributed by atoms with Gasteiger partial charge in [-0.2, -0.15) is 0 Å². The zero-order valence-electron chi connectivity index (χ0n) is 8.50. The first-order valence-corrected chi connectivity index (χ1v) is 4.52. The predicted molar refractivity (Wildman–Crippen MR) is 58.1 cm³/mol. The maximum atomic E-state index is 8.65. The van der Waals surface area contributed by atoms with Crippen LogP contribution in [0.3, 0.4) is 0 Å². The Labute approximate surface area is 83.9 Å². The first kappa shape index (κ1) is 10.7. The Hall–Kier alpha value is -1.42. The summed E-state index contributed by atoms with van der Waals surface area (Å²) in [5.41, 5.74) is 1.89. The van der Waals surface area contributed by atoms with Crippen LogP contribution in [-0.4, -0.2) is 32.4 Å². The van der Waals surface area contributed by atoms with Crippen LogP contribution in [-0.2, 0) is 0 Å². The van der Waals surface area contributed by atoms with E-state index in [0.29, 0.717) is 6.54 Å². The van der Waals surface area contributed by atoms with Gasteiger partial charge >= 0.3 is 0 Å². The lowest BCUT2D eigenvalue weighted by Crippen LogP contribution is -2.05. The third kappa shape index (κ3) is 2.53. The molecule has 0 unspecified atom stereocenters. The minimum absolute atomic E-state index is 0.126. The topological polar surface area (TPSA) is 53.5 Å². The van der Waals surface area contributed by atoms with Gasteiger partial charge in [0.25, 0.3) is 0 Å². The number of rotatable bonds is 5. The fourth-order valence-electron chi connectivity index (χ4n) is 1.21. The van der Waals surface area contributed by atoms with Crippen molar-refractivity contribution >= 4 is 11.4 Å². The third-order valence-corrected chi connectivity index (χ3v) is 1.91. The van der Waals surface area contributed by atoms with E-state index >= 15 is 0 Å². The molecule has 0 spiro atoms. The van der Waals surface area contributed by atoms with Crippen LogP contribution in [0.5, 0.6) is 5.75 Å². The Morgan fingerprint density at radius 3 is 2.79 bits per heavy atom. The Morgan fingerprint density at radius 2 is 2.21 bits per heavy atom. The van der Waals surface area contributed by atoms with Gasteiger partial charge in [0, 0.05) is 19.3 Å². The first-order chi connectivity index (χ1) is 6.81. The number of aliphatic hydroxyl groups excluding tert-OH is 1. The van der Waals surface area contributed by atoms with Gasteiger partial charge in [0.15, 0.2) is 0 Å². The number of hydrogen-bond acceptors (Lipinski definition) is 4. The molecule has 1 aromatic carbocycles. The molecule has 14 heavy (non-hydrogen) atoms. The van der Waals surface area contributed by atoms with Crippen molar-refractivity contribution in [3.05, 3.63) is 18.2 Å². The molecule has 0 atom stereocenters. The number of hydrogen-bond donors (Lipinski definition) is 3. The van der Waals surface area contributed by atoms with Crippen molar-refractivity contribution < 1.29 is 9.84 Å². The molecule has 1 aromatic rings. The van der Waals surface area contributed by atoms with Crippen LogP contribution in [0.2, 0.25) is 0 Å². The van der Waals surface area contributed by atoms with Gasteiger partial charge in [-0.25, -0.2) is 0 Å². The first-order valence-electron chi connectivity index (χ1n) is 4.52. The molecular formula is C10H16N2O2. The number of aliphatic hydroxyl groups is 1. The maximum absolute atomic E-state index is 8.65. The maximum Gasteiger partial charge on any atom is 0.142 e. The lowest BCUT2D eigenvalue weighted by molar-refractivity contribution is 0.311. The average Bonchev–Trinajstić information content (AvgIpc) is 2.25. The summed E-state index contributed by atoms with van der Waals surface area (Å²) in [6.07, 6.45) is 0. The van der Waals surface area contributed by atoms with E-state index in [1.807, 2.05) is 25.2 Å². The molecule has 0 aromatic heterocycles. The highest BCUT2D eigenvalue weighted by Crippen LogP contribution is 2.26. The van der Waals surface area contributed by atoms with Gasteiger partial charge in [0.2, 0.25) is 0 Å². The second-order valence-corrected chi connectivity index (χ2v) is 2.82. The fourth-order valence-corrected chi connectivity index (χ4v) is 1.21. The Kier molecular flexibility index (Phi) is 4.07. The van der Waals surface area contributed by atoms with Gasteiger partial charge in [-0.1, -0.05) is 0 Å². The van der Waals surface area contributed by atoms with Crippen LogP contribution in [0.15, 0.2) is 18.2 Å². The normalized spacial score (nSPS) is 9.64. The molecule has 0 aliphatic carbocycles. The fraction of sp³-hybridized carbons (Fsp3) is 0.400. The highest BCUT2D eigenvalue weighted by Gasteiger charge is 2.01. The second kappa shape index (κ2) is 5.34. The Balaban J connectivity index is 2.79. The van der Waals surface area contributed by atoms with Crippen LogP contribution in [0.25, 0.3) is 0 Å². The molecule has 78 valence electrons. The van der Waals surface area contributed by atoms with E-state index in [-0.39, 0.29) is 6.61 Å². The zero-order chi connectivity index (χ0) is 10.4. The van der Waals surface area contributed by atoms with Gasteiger partial charge in [0.05, 0.1) is 19.4 Å². The van der Waals surface area contributed by atoms with Crippen LogP contribution >= 0.6 is 0 Å². The predicted octanol–water partition coefficient (Wildman–Crippen LogP) is 1.14. The number of ether oxygens (including phenoxy) is 1. The van der Waals surface area contributed by atoms with Crippen LogP contribution in [0.1, 0.15) is 0 Å². The van der Waals surface area contributed by atoms with Gasteiger partial charge < -0.3 is 20.5 Å². The molecular weight excluding hydrogens is 180 g/mol. The number of benzene rings is 1. The molecule has 0 amide bonds. The summed E-state index contributed by atoms with van der Waals surface area (Å²) >= 11 is 0. The van der Waals surface area contributed by atoms with Crippen LogP contribution in [0.4, 0.5) is 11.4 Å². The summed E-state index contributed by atoms with van der Waals surface area (Å²) in [4.78, 5) is 0. The molecule has 0 radical (unpaired) electrons. The van der Waals surface area contributed by atoms with E-state index in [9.17, 15) is 0 Å². The minimum Gasteiger partial charge on any atom is -0.495 e. The summed E-state index contributed by atoms with van der Waals surface area (Å²) in [5, 5.41) is 14.8. The highest BCUT2D eigenvalue weighted by molar-refractivity contribution is 5.64. The summed E-state index contributed by atoms with van der Waals surface area (Å²) in [5.74, 6) is 0.807. The Bertz CT molecular complexity index is 289. The third-order valence-electron chi connectivity index (χ3n) is 1.91. The summed E-state index contributed by atoms with van der Waals surface area (Å²) in [7, 11) is 3.48. The van der Waals surface area contributed by atoms with Crippen LogP contribution in [0, 0.1) is 0 Å². The summed E-state index contributed by atoms with van der Waals surface area (Å²) < 4.78 is 5.16. The van der Waals surface area contributed by atoms with Crippen molar-refractivity contribution in [1.82, 2.24) is 0 Å². The smallest absolute Gasteiger partial charge is 0.142 e. The number of nitrogens with one attached hydrogen (secondary N) is 2. The molecule has 0 saturated carbocycles. The molecule has 0 heterocycles. The summed E-state index contributed by atoms with van der Waals surface area (Å²) in [6, 6.07) is 5.73. The molecule has 0 bridgehead atoms. The van der Waals surface area contributed by atoms with E-state index in [1.54, 1.807) is 7.11 Å². The van der Waals surface area contributed by atoms with Gasteiger partial charge in [-0.05, 0) is 18.2 Å². The van der Waals surface area contributed by atoms with Crippen LogP contribution < -0.4 is 15.4 Å². The molecule has 0 aliphatic rings. The molecule has 3 N–H and O–H groups in total. The highest BCUT2D eigenvalue weighted by atomic mass is 16.5. The lowest BCUT2D eigenvalue weighted by atomic mass is 10.2. The molecule has 0 aliphatic heterocycles. The number of methoxy groups -OCH3 is 1. The SMILES string of the molecule is CNc1cc(NCCO)ccc1OC. The van der Waals surface area contributed by atoms with Gasteiger partial charge in [-0.15, -0.1) is 0 Å². The van der Waals surface area contributed by atoms with E-state index in [1.165, 1.54) is 0 Å². The van der Waals surface area contributed by atoms with E-state index in [2.05, 4.69) is 10.6 Å². The number of anilines is 2. The molecule has 0 fully saturated rings. The quantitative estimate of drug-likeness (QED) is 0.661. The van der Waals surface area contributed by atoms with Crippen molar-refractivity contribution in [2.75, 3.05) is 37.9 Å². The van der Waals surface area contributed by atoms with E-state index in [4.69, 9.17) is 9.84 Å².